The van der Waals surface area contributed by atoms with Gasteiger partial charge >= 0.3 is 5.97 Å². The highest BCUT2D eigenvalue weighted by Crippen LogP contribution is 2.42. The Kier molecular flexibility index (Phi) is 6.71. The Morgan fingerprint density at radius 1 is 1.26 bits per heavy atom. The Bertz CT molecular complexity index is 1300. The Morgan fingerprint density at radius 3 is 2.74 bits per heavy atom. The van der Waals surface area contributed by atoms with Crippen molar-refractivity contribution in [1.29, 1.82) is 0 Å². The van der Waals surface area contributed by atoms with Crippen LogP contribution < -0.4 is 20.4 Å². The molecule has 0 atom stereocenters. The van der Waals surface area contributed by atoms with Gasteiger partial charge in [-0.2, -0.15) is 5.48 Å². The van der Waals surface area contributed by atoms with Crippen LogP contribution in [-0.4, -0.2) is 31.6 Å². The molecule has 1 aliphatic rings. The molecule has 2 amide bonds. The number of benzene rings is 2. The van der Waals surface area contributed by atoms with E-state index in [0.717, 1.165) is 6.07 Å². The number of anilines is 2. The van der Waals surface area contributed by atoms with Crippen LogP contribution in [0.3, 0.4) is 0 Å². The SMILES string of the molecule is CCC(=O)ONC(=O)c1cccc(N2COc3cc(NC)c(F)cc3C2=O)c1-c1ccc(Cl)s1. The number of hydrogen-bond donors (Lipinski definition) is 2. The van der Waals surface area contributed by atoms with Gasteiger partial charge in [0, 0.05) is 30.0 Å². The van der Waals surface area contributed by atoms with Crippen LogP contribution in [0.15, 0.2) is 42.5 Å². The molecule has 4 rings (SSSR count). The van der Waals surface area contributed by atoms with Crippen LogP contribution in [0.4, 0.5) is 15.8 Å². The second-order valence-electron chi connectivity index (χ2n) is 7.15. The van der Waals surface area contributed by atoms with Gasteiger partial charge in [-0.1, -0.05) is 24.6 Å². The number of carbonyl (C=O) groups excluding carboxylic acids is 3. The predicted octanol–water partition coefficient (Wildman–Crippen LogP) is 4.84. The number of nitrogens with one attached hydrogen (secondary N) is 2. The summed E-state index contributed by atoms with van der Waals surface area (Å²) in [5.41, 5.74) is 3.27. The van der Waals surface area contributed by atoms with Gasteiger partial charge in [0.25, 0.3) is 11.8 Å². The van der Waals surface area contributed by atoms with Crippen LogP contribution in [0.5, 0.6) is 5.75 Å². The number of nitrogens with zero attached hydrogens (tertiary/aromatic N) is 1. The third kappa shape index (κ3) is 4.42. The molecule has 8 nitrogen and oxygen atoms in total. The lowest BCUT2D eigenvalue weighted by atomic mass is 10.0. The van der Waals surface area contributed by atoms with Crippen LogP contribution in [0.25, 0.3) is 10.4 Å². The van der Waals surface area contributed by atoms with Gasteiger partial charge in [-0.25, -0.2) is 9.18 Å². The maximum absolute atomic E-state index is 14.4. The molecule has 1 aliphatic heterocycles. The topological polar surface area (TPSA) is 97.0 Å². The molecule has 176 valence electrons. The third-order valence-corrected chi connectivity index (χ3v) is 6.36. The molecule has 2 heterocycles. The largest absolute Gasteiger partial charge is 0.472 e. The van der Waals surface area contributed by atoms with Gasteiger partial charge in [-0.3, -0.25) is 14.5 Å². The van der Waals surface area contributed by atoms with Crippen molar-refractivity contribution in [3.63, 3.8) is 0 Å². The second kappa shape index (κ2) is 9.70. The number of fused-ring (bicyclic) bond motifs is 1. The van der Waals surface area contributed by atoms with Crippen LogP contribution >= 0.6 is 22.9 Å². The zero-order chi connectivity index (χ0) is 24.4. The first kappa shape index (κ1) is 23.5. The first-order chi connectivity index (χ1) is 16.3. The molecule has 0 radical (unpaired) electrons. The van der Waals surface area contributed by atoms with Gasteiger partial charge in [0.15, 0.2) is 6.73 Å². The van der Waals surface area contributed by atoms with Crippen molar-refractivity contribution in [3.05, 3.63) is 63.7 Å². The molecule has 0 saturated carbocycles. The second-order valence-corrected chi connectivity index (χ2v) is 8.86. The summed E-state index contributed by atoms with van der Waals surface area (Å²) in [5.74, 6) is -2.14. The highest BCUT2D eigenvalue weighted by molar-refractivity contribution is 7.19. The molecule has 0 aliphatic carbocycles. The van der Waals surface area contributed by atoms with Crippen LogP contribution in [-0.2, 0) is 9.63 Å². The molecular weight excluding hydrogens is 485 g/mol. The number of carbonyl (C=O) groups is 3. The lowest BCUT2D eigenvalue weighted by Crippen LogP contribution is -2.39. The maximum Gasteiger partial charge on any atom is 0.331 e. The standard InChI is InChI=1S/C23H19ClFN3O5S/c1-3-20(29)33-27-22(30)12-5-4-6-16(21(12)18-7-8-19(24)34-18)28-11-32-17-10-15(26-2)14(25)9-13(17)23(28)31/h4-10,26H,3,11H2,1-2H3,(H,27,30). The maximum atomic E-state index is 14.4. The molecule has 2 N–H and O–H groups in total. The van der Waals surface area contributed by atoms with Crippen molar-refractivity contribution in [2.45, 2.75) is 13.3 Å². The summed E-state index contributed by atoms with van der Waals surface area (Å²) in [6.45, 7) is 1.43. The van der Waals surface area contributed by atoms with E-state index in [9.17, 15) is 18.8 Å². The Labute approximate surface area is 203 Å². The van der Waals surface area contributed by atoms with E-state index in [-0.39, 0.29) is 35.7 Å². The third-order valence-electron chi connectivity index (χ3n) is 5.11. The van der Waals surface area contributed by atoms with Gasteiger partial charge < -0.3 is 14.9 Å². The van der Waals surface area contributed by atoms with Crippen molar-refractivity contribution in [3.8, 4) is 16.2 Å². The van der Waals surface area contributed by atoms with E-state index in [1.807, 2.05) is 0 Å². The number of ether oxygens (including phenoxy) is 1. The van der Waals surface area contributed by atoms with E-state index in [4.69, 9.17) is 21.2 Å². The number of hydrogen-bond acceptors (Lipinski definition) is 7. The molecule has 11 heteroatoms. The van der Waals surface area contributed by atoms with Crippen molar-refractivity contribution in [2.75, 3.05) is 24.0 Å². The van der Waals surface area contributed by atoms with Crippen LogP contribution in [0.2, 0.25) is 4.34 Å². The zero-order valence-electron chi connectivity index (χ0n) is 18.1. The van der Waals surface area contributed by atoms with E-state index in [2.05, 4.69) is 10.8 Å². The van der Waals surface area contributed by atoms with E-state index < -0.39 is 23.6 Å². The normalized spacial score (nSPS) is 12.6. The first-order valence-corrected chi connectivity index (χ1v) is 11.4. The number of halogens is 2. The molecule has 2 aromatic carbocycles. The number of rotatable bonds is 5. The lowest BCUT2D eigenvalue weighted by Gasteiger charge is -2.31. The molecule has 0 bridgehead atoms. The van der Waals surface area contributed by atoms with Crippen LogP contribution in [0, 0.1) is 5.82 Å². The van der Waals surface area contributed by atoms with E-state index >= 15 is 0 Å². The summed E-state index contributed by atoms with van der Waals surface area (Å²) in [7, 11) is 1.56. The minimum atomic E-state index is -0.682. The Morgan fingerprint density at radius 2 is 2.06 bits per heavy atom. The quantitative estimate of drug-likeness (QED) is 0.483. The molecule has 0 fully saturated rings. The summed E-state index contributed by atoms with van der Waals surface area (Å²) >= 11 is 7.34. The molecule has 1 aromatic heterocycles. The predicted molar refractivity (Wildman–Crippen MR) is 127 cm³/mol. The fraction of sp³-hybridized carbons (Fsp3) is 0.174. The molecule has 3 aromatic rings. The summed E-state index contributed by atoms with van der Waals surface area (Å²) in [6.07, 6.45) is 0.0819. The van der Waals surface area contributed by atoms with E-state index in [1.165, 1.54) is 28.4 Å². The zero-order valence-corrected chi connectivity index (χ0v) is 19.7. The van der Waals surface area contributed by atoms with Crippen molar-refractivity contribution < 1.29 is 28.3 Å². The van der Waals surface area contributed by atoms with E-state index in [1.54, 1.807) is 38.2 Å². The monoisotopic (exact) mass is 503 g/mol. The van der Waals surface area contributed by atoms with Gasteiger partial charge in [0.05, 0.1) is 26.8 Å². The van der Waals surface area contributed by atoms with Gasteiger partial charge in [0.2, 0.25) is 0 Å². The van der Waals surface area contributed by atoms with Gasteiger partial charge in [-0.15, -0.1) is 11.3 Å². The number of thiophene rings is 1. The smallest absolute Gasteiger partial charge is 0.331 e. The van der Waals surface area contributed by atoms with Gasteiger partial charge in [0.1, 0.15) is 11.6 Å². The summed E-state index contributed by atoms with van der Waals surface area (Å²) in [5, 5.41) is 2.71. The van der Waals surface area contributed by atoms with Gasteiger partial charge in [-0.05, 0) is 30.3 Å². The Balaban J connectivity index is 1.79. The molecule has 0 unspecified atom stereocenters. The fourth-order valence-electron chi connectivity index (χ4n) is 3.44. The number of amides is 2. The highest BCUT2D eigenvalue weighted by atomic mass is 35.5. The van der Waals surface area contributed by atoms with Crippen molar-refractivity contribution >= 4 is 52.1 Å². The highest BCUT2D eigenvalue weighted by Gasteiger charge is 2.32. The summed E-state index contributed by atoms with van der Waals surface area (Å²) < 4.78 is 20.6. The average Bonchev–Trinajstić information content (AvgIpc) is 3.27. The van der Waals surface area contributed by atoms with Crippen molar-refractivity contribution in [1.82, 2.24) is 5.48 Å². The van der Waals surface area contributed by atoms with E-state index in [0.29, 0.717) is 20.5 Å². The lowest BCUT2D eigenvalue weighted by molar-refractivity contribution is -0.148. The minimum absolute atomic E-state index is 0.0460. The summed E-state index contributed by atoms with van der Waals surface area (Å²) in [6, 6.07) is 10.7. The molecule has 0 spiro atoms. The fourth-order valence-corrected chi connectivity index (χ4v) is 4.55. The molecule has 34 heavy (non-hydrogen) atoms. The first-order valence-electron chi connectivity index (χ1n) is 10.2. The molecular formula is C23H19ClFN3O5S. The Hall–Kier alpha value is -3.63. The summed E-state index contributed by atoms with van der Waals surface area (Å²) in [4.78, 5) is 44.4. The van der Waals surface area contributed by atoms with Crippen LogP contribution in [0.1, 0.15) is 34.1 Å². The average molecular weight is 504 g/mol. The molecule has 0 saturated heterocycles. The number of hydroxylamine groups is 1. The van der Waals surface area contributed by atoms with Crippen molar-refractivity contribution in [2.24, 2.45) is 0 Å². The minimum Gasteiger partial charge on any atom is -0.472 e.